The van der Waals surface area contributed by atoms with Crippen molar-refractivity contribution in [1.29, 1.82) is 0 Å². The number of rotatable bonds is 7. The van der Waals surface area contributed by atoms with E-state index in [4.69, 9.17) is 4.74 Å². The fraction of sp³-hybridized carbons (Fsp3) is 0.350. The van der Waals surface area contributed by atoms with Crippen LogP contribution >= 0.6 is 0 Å². The fourth-order valence-electron chi connectivity index (χ4n) is 3.10. The quantitative estimate of drug-likeness (QED) is 0.573. The molecular formula is C20H21NO4. The lowest BCUT2D eigenvalue weighted by molar-refractivity contribution is -0.143. The summed E-state index contributed by atoms with van der Waals surface area (Å²) >= 11 is 0. The monoisotopic (exact) mass is 339 g/mol. The fourth-order valence-corrected chi connectivity index (χ4v) is 3.10. The highest BCUT2D eigenvalue weighted by molar-refractivity contribution is 5.96. The largest absolute Gasteiger partial charge is 0.466 e. The number of ketones is 1. The summed E-state index contributed by atoms with van der Waals surface area (Å²) < 4.78 is 9.76. The lowest BCUT2D eigenvalue weighted by Gasteiger charge is -2.34. The number of methoxy groups -OCH3 is 1. The Morgan fingerprint density at radius 2 is 1.84 bits per heavy atom. The van der Waals surface area contributed by atoms with Gasteiger partial charge in [-0.3, -0.25) is 4.79 Å². The van der Waals surface area contributed by atoms with E-state index in [0.717, 1.165) is 19.3 Å². The van der Waals surface area contributed by atoms with Crippen LogP contribution in [0.15, 0.2) is 48.5 Å². The first-order valence-corrected chi connectivity index (χ1v) is 8.40. The Bertz CT molecular complexity index is 738. The molecule has 1 aromatic heterocycles. The van der Waals surface area contributed by atoms with Gasteiger partial charge < -0.3 is 9.47 Å². The number of carbonyl (C=O) groups excluding carboxylic acids is 2. The Labute approximate surface area is 147 Å². The summed E-state index contributed by atoms with van der Waals surface area (Å²) in [5.74, 6) is 0.401. The Hall–Kier alpha value is -2.69. The SMILES string of the molecule is COC(=O)COc1cccc(C(=O)C2CC(Cc3ccccc3)C2)n1. The molecule has 0 radical (unpaired) electrons. The maximum absolute atomic E-state index is 12.6. The summed E-state index contributed by atoms with van der Waals surface area (Å²) in [7, 11) is 1.29. The molecule has 0 amide bonds. The van der Waals surface area contributed by atoms with Crippen LogP contribution in [0, 0.1) is 11.8 Å². The van der Waals surface area contributed by atoms with E-state index in [1.54, 1.807) is 18.2 Å². The van der Waals surface area contributed by atoms with Gasteiger partial charge in [0.25, 0.3) is 0 Å². The summed E-state index contributed by atoms with van der Waals surface area (Å²) in [4.78, 5) is 27.9. The Balaban J connectivity index is 1.53. The number of benzene rings is 1. The van der Waals surface area contributed by atoms with E-state index < -0.39 is 5.97 Å². The molecule has 1 aliphatic rings. The molecule has 0 atom stereocenters. The van der Waals surface area contributed by atoms with Crippen molar-refractivity contribution in [1.82, 2.24) is 4.98 Å². The summed E-state index contributed by atoms with van der Waals surface area (Å²) in [6, 6.07) is 15.4. The molecule has 0 N–H and O–H groups in total. The summed E-state index contributed by atoms with van der Waals surface area (Å²) in [5, 5.41) is 0. The van der Waals surface area contributed by atoms with E-state index in [1.807, 2.05) is 18.2 Å². The van der Waals surface area contributed by atoms with E-state index >= 15 is 0 Å². The number of Topliss-reactive ketones (excluding diaryl/α,β-unsaturated/α-hetero) is 1. The highest BCUT2D eigenvalue weighted by Crippen LogP contribution is 2.38. The molecule has 130 valence electrons. The number of hydrogen-bond acceptors (Lipinski definition) is 5. The van der Waals surface area contributed by atoms with Crippen molar-refractivity contribution < 1.29 is 19.1 Å². The van der Waals surface area contributed by atoms with Gasteiger partial charge in [-0.25, -0.2) is 9.78 Å². The van der Waals surface area contributed by atoms with Crippen molar-refractivity contribution in [2.75, 3.05) is 13.7 Å². The molecule has 1 fully saturated rings. The van der Waals surface area contributed by atoms with Crippen molar-refractivity contribution in [3.63, 3.8) is 0 Å². The smallest absolute Gasteiger partial charge is 0.343 e. The minimum atomic E-state index is -0.485. The van der Waals surface area contributed by atoms with Crippen LogP contribution < -0.4 is 4.74 Å². The second-order valence-electron chi connectivity index (χ2n) is 6.31. The standard InChI is InChI=1S/C20H21NO4/c1-24-19(22)13-25-18-9-5-8-17(21-18)20(23)16-11-15(12-16)10-14-6-3-2-4-7-14/h2-9,15-16H,10-13H2,1H3. The number of carbonyl (C=O) groups is 2. The van der Waals surface area contributed by atoms with Crippen molar-refractivity contribution in [2.45, 2.75) is 19.3 Å². The average molecular weight is 339 g/mol. The number of pyridine rings is 1. The van der Waals surface area contributed by atoms with Crippen LogP contribution in [0.3, 0.4) is 0 Å². The predicted molar refractivity (Wildman–Crippen MR) is 92.4 cm³/mol. The highest BCUT2D eigenvalue weighted by Gasteiger charge is 2.35. The normalized spacial score (nSPS) is 18.9. The Morgan fingerprint density at radius 1 is 1.08 bits per heavy atom. The Kier molecular flexibility index (Phi) is 5.43. The maximum Gasteiger partial charge on any atom is 0.343 e. The van der Waals surface area contributed by atoms with Gasteiger partial charge in [0.05, 0.1) is 7.11 Å². The molecule has 25 heavy (non-hydrogen) atoms. The minimum absolute atomic E-state index is 0.0251. The molecule has 0 bridgehead atoms. The molecular weight excluding hydrogens is 318 g/mol. The van der Waals surface area contributed by atoms with Gasteiger partial charge in [-0.2, -0.15) is 0 Å². The molecule has 3 rings (SSSR count). The van der Waals surface area contributed by atoms with Gasteiger partial charge in [-0.15, -0.1) is 0 Å². The van der Waals surface area contributed by atoms with Crippen LogP contribution in [0.1, 0.15) is 28.9 Å². The van der Waals surface area contributed by atoms with Gasteiger partial charge in [0.15, 0.2) is 12.4 Å². The highest BCUT2D eigenvalue weighted by atomic mass is 16.6. The number of hydrogen-bond donors (Lipinski definition) is 0. The zero-order valence-electron chi connectivity index (χ0n) is 14.2. The molecule has 0 saturated heterocycles. The van der Waals surface area contributed by atoms with E-state index in [2.05, 4.69) is 21.9 Å². The van der Waals surface area contributed by atoms with Gasteiger partial charge in [0, 0.05) is 12.0 Å². The van der Waals surface area contributed by atoms with Crippen molar-refractivity contribution in [3.8, 4) is 5.88 Å². The van der Waals surface area contributed by atoms with Crippen LogP contribution in [0.2, 0.25) is 0 Å². The molecule has 0 unspecified atom stereocenters. The van der Waals surface area contributed by atoms with E-state index in [0.29, 0.717) is 11.6 Å². The van der Waals surface area contributed by atoms with Crippen LogP contribution in [0.4, 0.5) is 0 Å². The van der Waals surface area contributed by atoms with Gasteiger partial charge >= 0.3 is 5.97 Å². The van der Waals surface area contributed by atoms with Gasteiger partial charge in [0.1, 0.15) is 5.69 Å². The lowest BCUT2D eigenvalue weighted by atomic mass is 9.70. The summed E-state index contributed by atoms with van der Waals surface area (Å²) in [6.45, 7) is -0.219. The van der Waals surface area contributed by atoms with Gasteiger partial charge in [-0.05, 0) is 36.8 Å². The zero-order valence-corrected chi connectivity index (χ0v) is 14.2. The predicted octanol–water partition coefficient (Wildman–Crippen LogP) is 3.09. The molecule has 1 aromatic carbocycles. The second-order valence-corrected chi connectivity index (χ2v) is 6.31. The van der Waals surface area contributed by atoms with Crippen LogP contribution in [-0.4, -0.2) is 30.5 Å². The van der Waals surface area contributed by atoms with Crippen molar-refractivity contribution in [3.05, 3.63) is 59.8 Å². The topological polar surface area (TPSA) is 65.5 Å². The molecule has 5 heteroatoms. The molecule has 1 aliphatic carbocycles. The third kappa shape index (κ3) is 4.44. The first-order chi connectivity index (χ1) is 12.2. The lowest BCUT2D eigenvalue weighted by Crippen LogP contribution is -2.32. The van der Waals surface area contributed by atoms with Crippen LogP contribution in [0.25, 0.3) is 0 Å². The second kappa shape index (κ2) is 7.92. The molecule has 0 spiro atoms. The van der Waals surface area contributed by atoms with E-state index in [9.17, 15) is 9.59 Å². The molecule has 1 saturated carbocycles. The minimum Gasteiger partial charge on any atom is -0.466 e. The molecule has 5 nitrogen and oxygen atoms in total. The van der Waals surface area contributed by atoms with Crippen LogP contribution in [0.5, 0.6) is 5.88 Å². The van der Waals surface area contributed by atoms with Gasteiger partial charge in [0.2, 0.25) is 5.88 Å². The molecule has 2 aromatic rings. The molecule has 1 heterocycles. The average Bonchev–Trinajstić information content (AvgIpc) is 2.63. The summed E-state index contributed by atoms with van der Waals surface area (Å²) in [6.07, 6.45) is 2.80. The van der Waals surface area contributed by atoms with E-state index in [1.165, 1.54) is 12.7 Å². The third-order valence-corrected chi connectivity index (χ3v) is 4.52. The Morgan fingerprint density at radius 3 is 2.56 bits per heavy atom. The number of esters is 1. The van der Waals surface area contributed by atoms with E-state index in [-0.39, 0.29) is 24.2 Å². The summed E-state index contributed by atoms with van der Waals surface area (Å²) in [5.41, 5.74) is 1.71. The molecule has 0 aliphatic heterocycles. The van der Waals surface area contributed by atoms with Gasteiger partial charge in [-0.1, -0.05) is 36.4 Å². The number of aromatic nitrogens is 1. The first kappa shape index (κ1) is 17.1. The van der Waals surface area contributed by atoms with Crippen molar-refractivity contribution >= 4 is 11.8 Å². The maximum atomic E-state index is 12.6. The zero-order chi connectivity index (χ0) is 17.6. The van der Waals surface area contributed by atoms with Crippen LogP contribution in [-0.2, 0) is 16.0 Å². The number of nitrogens with zero attached hydrogens (tertiary/aromatic N) is 1. The third-order valence-electron chi connectivity index (χ3n) is 4.52. The van der Waals surface area contributed by atoms with Crippen molar-refractivity contribution in [2.24, 2.45) is 11.8 Å². The number of ether oxygens (including phenoxy) is 2. The first-order valence-electron chi connectivity index (χ1n) is 8.40.